The summed E-state index contributed by atoms with van der Waals surface area (Å²) in [7, 11) is 0. The van der Waals surface area contributed by atoms with Crippen LogP contribution in [0, 0.1) is 17.8 Å². The van der Waals surface area contributed by atoms with Crippen molar-refractivity contribution in [3.8, 4) is 0 Å². The molecule has 2 aliphatic carbocycles. The van der Waals surface area contributed by atoms with E-state index in [9.17, 15) is 0 Å². The van der Waals surface area contributed by atoms with Crippen LogP contribution in [-0.4, -0.2) is 17.5 Å². The normalized spacial score (nSPS) is 35.9. The first-order valence-corrected chi connectivity index (χ1v) is 7.70. The van der Waals surface area contributed by atoms with Crippen LogP contribution in [0.4, 0.5) is 0 Å². The highest BCUT2D eigenvalue weighted by molar-refractivity contribution is 5.17. The molecule has 3 atom stereocenters. The van der Waals surface area contributed by atoms with Crippen LogP contribution in [0.2, 0.25) is 0 Å². The van der Waals surface area contributed by atoms with Gasteiger partial charge in [-0.3, -0.25) is 4.90 Å². The van der Waals surface area contributed by atoms with Gasteiger partial charge in [-0.1, -0.05) is 56.0 Å². The van der Waals surface area contributed by atoms with Gasteiger partial charge in [-0.05, 0) is 29.7 Å². The van der Waals surface area contributed by atoms with E-state index in [0.29, 0.717) is 0 Å². The highest BCUT2D eigenvalue weighted by Gasteiger charge is 2.54. The molecule has 0 radical (unpaired) electrons. The van der Waals surface area contributed by atoms with E-state index in [2.05, 4.69) is 35.2 Å². The Bertz CT molecular complexity index is 407. The lowest BCUT2D eigenvalue weighted by Gasteiger charge is -2.24. The summed E-state index contributed by atoms with van der Waals surface area (Å²) in [6.07, 6.45) is 7.53. The first kappa shape index (κ1) is 11.0. The molecule has 1 saturated heterocycles. The fourth-order valence-corrected chi connectivity index (χ4v) is 4.51. The van der Waals surface area contributed by atoms with Gasteiger partial charge in [0, 0.05) is 19.1 Å². The van der Waals surface area contributed by atoms with Crippen LogP contribution in [-0.2, 0) is 6.54 Å². The zero-order chi connectivity index (χ0) is 11.9. The standard InChI is InChI=1S/C17H23N/c1-2-6-13(7-3-1)11-18-12-16(15-10-17(15)18)14-8-4-5-9-14/h1-3,6-7,14-17H,4-5,8-12H2/t15-,16-,17-/m1/s1. The molecule has 1 heteroatoms. The molecule has 0 N–H and O–H groups in total. The summed E-state index contributed by atoms with van der Waals surface area (Å²) in [5, 5.41) is 0. The van der Waals surface area contributed by atoms with Crippen molar-refractivity contribution in [2.24, 2.45) is 17.8 Å². The second-order valence-electron chi connectivity index (χ2n) is 6.59. The molecular formula is C17H23N. The first-order valence-electron chi connectivity index (χ1n) is 7.70. The van der Waals surface area contributed by atoms with Crippen molar-refractivity contribution in [2.45, 2.75) is 44.7 Å². The molecule has 0 unspecified atom stereocenters. The van der Waals surface area contributed by atoms with Crippen molar-refractivity contribution in [3.05, 3.63) is 35.9 Å². The Balaban J connectivity index is 1.43. The predicted molar refractivity (Wildman–Crippen MR) is 74.2 cm³/mol. The van der Waals surface area contributed by atoms with Crippen molar-refractivity contribution < 1.29 is 0 Å². The molecule has 18 heavy (non-hydrogen) atoms. The van der Waals surface area contributed by atoms with Gasteiger partial charge >= 0.3 is 0 Å². The number of benzene rings is 1. The third-order valence-corrected chi connectivity index (χ3v) is 5.50. The Hall–Kier alpha value is -0.820. The van der Waals surface area contributed by atoms with Crippen molar-refractivity contribution in [1.82, 2.24) is 4.90 Å². The summed E-state index contributed by atoms with van der Waals surface area (Å²) in [5.74, 6) is 3.18. The van der Waals surface area contributed by atoms with Crippen LogP contribution >= 0.6 is 0 Å². The minimum Gasteiger partial charge on any atom is -0.296 e. The van der Waals surface area contributed by atoms with Crippen molar-refractivity contribution in [2.75, 3.05) is 6.54 Å². The Morgan fingerprint density at radius 3 is 2.56 bits per heavy atom. The van der Waals surface area contributed by atoms with E-state index in [0.717, 1.165) is 23.8 Å². The van der Waals surface area contributed by atoms with Gasteiger partial charge in [0.05, 0.1) is 0 Å². The highest BCUT2D eigenvalue weighted by Crippen LogP contribution is 2.54. The molecule has 1 nitrogen and oxygen atoms in total. The largest absolute Gasteiger partial charge is 0.296 e. The van der Waals surface area contributed by atoms with E-state index in [1.165, 1.54) is 50.8 Å². The van der Waals surface area contributed by atoms with Crippen molar-refractivity contribution in [1.29, 1.82) is 0 Å². The molecule has 1 aromatic rings. The Morgan fingerprint density at radius 1 is 1.00 bits per heavy atom. The molecule has 2 saturated carbocycles. The van der Waals surface area contributed by atoms with Crippen molar-refractivity contribution >= 4 is 0 Å². The minimum atomic E-state index is 0.941. The number of hydrogen-bond donors (Lipinski definition) is 0. The second-order valence-corrected chi connectivity index (χ2v) is 6.59. The quantitative estimate of drug-likeness (QED) is 0.780. The van der Waals surface area contributed by atoms with E-state index in [4.69, 9.17) is 0 Å². The third-order valence-electron chi connectivity index (χ3n) is 5.50. The summed E-state index contributed by atoms with van der Waals surface area (Å²) < 4.78 is 0. The number of piperidine rings is 1. The van der Waals surface area contributed by atoms with Gasteiger partial charge in [-0.15, -0.1) is 0 Å². The molecule has 1 heterocycles. The van der Waals surface area contributed by atoms with Gasteiger partial charge in [-0.2, -0.15) is 0 Å². The zero-order valence-electron chi connectivity index (χ0n) is 11.1. The summed E-state index contributed by atoms with van der Waals surface area (Å²) in [5.41, 5.74) is 1.50. The van der Waals surface area contributed by atoms with Crippen LogP contribution in [0.3, 0.4) is 0 Å². The topological polar surface area (TPSA) is 3.24 Å². The Kier molecular flexibility index (Phi) is 2.69. The third kappa shape index (κ3) is 1.89. The zero-order valence-corrected chi connectivity index (χ0v) is 11.1. The second kappa shape index (κ2) is 4.38. The SMILES string of the molecule is c1ccc(CN2C[C@H](C3CCCC3)[C@H]3C[C@H]32)cc1. The maximum absolute atomic E-state index is 2.77. The lowest BCUT2D eigenvalue weighted by Crippen LogP contribution is -2.27. The molecule has 3 aliphatic rings. The fourth-order valence-electron chi connectivity index (χ4n) is 4.51. The molecule has 96 valence electrons. The lowest BCUT2D eigenvalue weighted by atomic mass is 9.88. The number of fused-ring (bicyclic) bond motifs is 1. The number of rotatable bonds is 3. The van der Waals surface area contributed by atoms with Gasteiger partial charge in [-0.25, -0.2) is 0 Å². The monoisotopic (exact) mass is 241 g/mol. The Labute approximate surface area is 110 Å². The molecule has 0 bridgehead atoms. The molecule has 0 amide bonds. The molecule has 1 aromatic carbocycles. The number of hydrogen-bond acceptors (Lipinski definition) is 1. The smallest absolute Gasteiger partial charge is 0.0236 e. The molecule has 1 aliphatic heterocycles. The number of nitrogens with zero attached hydrogens (tertiary/aromatic N) is 1. The van der Waals surface area contributed by atoms with Crippen LogP contribution in [0.5, 0.6) is 0 Å². The van der Waals surface area contributed by atoms with Gasteiger partial charge in [0.2, 0.25) is 0 Å². The van der Waals surface area contributed by atoms with Gasteiger partial charge in [0.15, 0.2) is 0 Å². The minimum absolute atomic E-state index is 0.941. The van der Waals surface area contributed by atoms with E-state index < -0.39 is 0 Å². The molecule has 0 aromatic heterocycles. The van der Waals surface area contributed by atoms with Crippen LogP contribution in [0.25, 0.3) is 0 Å². The van der Waals surface area contributed by atoms with E-state index >= 15 is 0 Å². The van der Waals surface area contributed by atoms with Gasteiger partial charge in [0.25, 0.3) is 0 Å². The highest BCUT2D eigenvalue weighted by atomic mass is 15.2. The summed E-state index contributed by atoms with van der Waals surface area (Å²) >= 11 is 0. The molecule has 0 spiro atoms. The van der Waals surface area contributed by atoms with Crippen LogP contribution in [0.15, 0.2) is 30.3 Å². The van der Waals surface area contributed by atoms with Gasteiger partial charge in [0.1, 0.15) is 0 Å². The molecule has 3 fully saturated rings. The van der Waals surface area contributed by atoms with Crippen LogP contribution < -0.4 is 0 Å². The maximum Gasteiger partial charge on any atom is 0.0236 e. The maximum atomic E-state index is 2.77. The van der Waals surface area contributed by atoms with E-state index in [-0.39, 0.29) is 0 Å². The summed E-state index contributed by atoms with van der Waals surface area (Å²) in [6.45, 7) is 2.57. The average Bonchev–Trinajstić information content (AvgIpc) is 2.85. The fraction of sp³-hybridized carbons (Fsp3) is 0.647. The summed E-state index contributed by atoms with van der Waals surface area (Å²) in [6, 6.07) is 12.0. The predicted octanol–water partition coefficient (Wildman–Crippen LogP) is 3.70. The van der Waals surface area contributed by atoms with E-state index in [1.807, 2.05) is 0 Å². The lowest BCUT2D eigenvalue weighted by molar-refractivity contribution is 0.233. The van der Waals surface area contributed by atoms with Gasteiger partial charge < -0.3 is 0 Å². The Morgan fingerprint density at radius 2 is 1.78 bits per heavy atom. The number of likely N-dealkylation sites (tertiary alicyclic amines) is 1. The van der Waals surface area contributed by atoms with Crippen LogP contribution in [0.1, 0.15) is 37.7 Å². The summed E-state index contributed by atoms with van der Waals surface area (Å²) in [4.78, 5) is 2.77. The molecule has 4 rings (SSSR count). The van der Waals surface area contributed by atoms with E-state index in [1.54, 1.807) is 0 Å². The van der Waals surface area contributed by atoms with Crippen molar-refractivity contribution in [3.63, 3.8) is 0 Å². The molecular weight excluding hydrogens is 218 g/mol. The first-order chi connectivity index (χ1) is 8.92. The average molecular weight is 241 g/mol.